The Morgan fingerprint density at radius 1 is 1.36 bits per heavy atom. The third-order valence-electron chi connectivity index (χ3n) is 3.56. The summed E-state index contributed by atoms with van der Waals surface area (Å²) in [5, 5.41) is 6.37. The molecule has 1 unspecified atom stereocenters. The predicted octanol–water partition coefficient (Wildman–Crippen LogP) is 0.633. The summed E-state index contributed by atoms with van der Waals surface area (Å²) < 4.78 is 5.87. The molecule has 1 aliphatic heterocycles. The molecular formula is C16H24N4O2. The first kappa shape index (κ1) is 16.1. The summed E-state index contributed by atoms with van der Waals surface area (Å²) in [6.07, 6.45) is 1.46. The van der Waals surface area contributed by atoms with E-state index in [4.69, 9.17) is 4.74 Å². The maximum absolute atomic E-state index is 11.5. The number of benzene rings is 1. The summed E-state index contributed by atoms with van der Waals surface area (Å²) in [5.41, 5.74) is 1.24. The smallest absolute Gasteiger partial charge is 0.223 e. The highest BCUT2D eigenvalue weighted by atomic mass is 16.5. The van der Waals surface area contributed by atoms with Crippen molar-refractivity contribution in [3.05, 3.63) is 29.8 Å². The van der Waals surface area contributed by atoms with Gasteiger partial charge >= 0.3 is 0 Å². The highest BCUT2D eigenvalue weighted by molar-refractivity contribution is 5.81. The second-order valence-electron chi connectivity index (χ2n) is 5.47. The fraction of sp³-hybridized carbons (Fsp3) is 0.500. The third-order valence-corrected chi connectivity index (χ3v) is 3.56. The minimum atomic E-state index is 0.0949. The van der Waals surface area contributed by atoms with Gasteiger partial charge in [-0.05, 0) is 11.6 Å². The molecule has 0 saturated heterocycles. The predicted molar refractivity (Wildman–Crippen MR) is 87.2 cm³/mol. The van der Waals surface area contributed by atoms with Gasteiger partial charge < -0.3 is 20.3 Å². The lowest BCUT2D eigenvalue weighted by atomic mass is 10.1. The van der Waals surface area contributed by atoms with Gasteiger partial charge in [-0.25, -0.2) is 0 Å². The molecule has 0 aliphatic carbocycles. The van der Waals surface area contributed by atoms with E-state index in [1.165, 1.54) is 5.56 Å². The number of hydrogen-bond donors (Lipinski definition) is 2. The van der Waals surface area contributed by atoms with Crippen LogP contribution in [0.3, 0.4) is 0 Å². The highest BCUT2D eigenvalue weighted by Gasteiger charge is 2.22. The van der Waals surface area contributed by atoms with Crippen molar-refractivity contribution in [2.24, 2.45) is 4.99 Å². The van der Waals surface area contributed by atoms with Gasteiger partial charge in [-0.3, -0.25) is 9.79 Å². The van der Waals surface area contributed by atoms with Gasteiger partial charge in [-0.15, -0.1) is 0 Å². The third kappa shape index (κ3) is 4.38. The molecule has 0 radical (unpaired) electrons. The van der Waals surface area contributed by atoms with Crippen molar-refractivity contribution in [2.75, 3.05) is 34.2 Å². The molecule has 1 heterocycles. The average molecular weight is 304 g/mol. The Bertz CT molecular complexity index is 518. The van der Waals surface area contributed by atoms with Crippen LogP contribution in [-0.4, -0.2) is 57.1 Å². The number of carbonyl (C=O) groups is 1. The topological polar surface area (TPSA) is 66.0 Å². The number of para-hydroxylation sites is 1. The van der Waals surface area contributed by atoms with Gasteiger partial charge in [0.05, 0.1) is 6.54 Å². The zero-order valence-corrected chi connectivity index (χ0v) is 13.4. The van der Waals surface area contributed by atoms with E-state index in [-0.39, 0.29) is 12.0 Å². The minimum Gasteiger partial charge on any atom is -0.488 e. The fourth-order valence-electron chi connectivity index (χ4n) is 2.31. The van der Waals surface area contributed by atoms with Crippen LogP contribution >= 0.6 is 0 Å². The maximum atomic E-state index is 11.5. The number of guanidine groups is 1. The molecule has 0 spiro atoms. The minimum absolute atomic E-state index is 0.0949. The van der Waals surface area contributed by atoms with E-state index >= 15 is 0 Å². The first-order chi connectivity index (χ1) is 10.6. The average Bonchev–Trinajstić information content (AvgIpc) is 2.93. The van der Waals surface area contributed by atoms with Crippen LogP contribution in [0.15, 0.2) is 29.3 Å². The summed E-state index contributed by atoms with van der Waals surface area (Å²) in [6, 6.07) is 8.10. The van der Waals surface area contributed by atoms with Gasteiger partial charge in [0, 0.05) is 40.5 Å². The molecule has 1 aromatic carbocycles. The fourth-order valence-corrected chi connectivity index (χ4v) is 2.31. The van der Waals surface area contributed by atoms with E-state index in [1.54, 1.807) is 26.0 Å². The van der Waals surface area contributed by atoms with Gasteiger partial charge in [-0.2, -0.15) is 0 Å². The number of nitrogens with one attached hydrogen (secondary N) is 2. The van der Waals surface area contributed by atoms with Crippen LogP contribution in [0.2, 0.25) is 0 Å². The summed E-state index contributed by atoms with van der Waals surface area (Å²) in [4.78, 5) is 17.2. The second-order valence-corrected chi connectivity index (χ2v) is 5.47. The van der Waals surface area contributed by atoms with Crippen molar-refractivity contribution >= 4 is 11.9 Å². The molecule has 0 fully saturated rings. The number of hydrogen-bond acceptors (Lipinski definition) is 3. The van der Waals surface area contributed by atoms with Crippen LogP contribution in [0.25, 0.3) is 0 Å². The molecule has 2 N–H and O–H groups in total. The van der Waals surface area contributed by atoms with Gasteiger partial charge in [-0.1, -0.05) is 18.2 Å². The van der Waals surface area contributed by atoms with E-state index in [2.05, 4.69) is 21.7 Å². The van der Waals surface area contributed by atoms with Gasteiger partial charge in [0.15, 0.2) is 5.96 Å². The van der Waals surface area contributed by atoms with Gasteiger partial charge in [0.1, 0.15) is 11.9 Å². The summed E-state index contributed by atoms with van der Waals surface area (Å²) in [6.45, 7) is 1.23. The Kier molecular flexibility index (Phi) is 5.63. The molecule has 1 amide bonds. The van der Waals surface area contributed by atoms with Crippen molar-refractivity contribution in [3.8, 4) is 5.75 Å². The van der Waals surface area contributed by atoms with Crippen molar-refractivity contribution in [3.63, 3.8) is 0 Å². The summed E-state index contributed by atoms with van der Waals surface area (Å²) in [7, 11) is 5.22. The zero-order chi connectivity index (χ0) is 15.9. The number of aliphatic imine (C=N–C) groups is 1. The summed E-state index contributed by atoms with van der Waals surface area (Å²) in [5.74, 6) is 1.75. The molecule has 0 aromatic heterocycles. The van der Waals surface area contributed by atoms with Crippen molar-refractivity contribution < 1.29 is 9.53 Å². The maximum Gasteiger partial charge on any atom is 0.223 e. The standard InChI is InChI=1S/C16H24N4O2/c1-17-16(18-9-8-15(21)20(2)3)19-11-13-10-12-6-4-5-7-14(12)22-13/h4-7,13H,8-11H2,1-3H3,(H2,17,18,19). The molecule has 6 nitrogen and oxygen atoms in total. The Morgan fingerprint density at radius 2 is 2.14 bits per heavy atom. The Labute approximate surface area is 131 Å². The van der Waals surface area contributed by atoms with Gasteiger partial charge in [0.2, 0.25) is 5.91 Å². The Hall–Kier alpha value is -2.24. The number of carbonyl (C=O) groups excluding carboxylic acids is 1. The lowest BCUT2D eigenvalue weighted by Crippen LogP contribution is -2.43. The number of ether oxygens (including phenoxy) is 1. The van der Waals surface area contributed by atoms with Crippen LogP contribution in [0.5, 0.6) is 5.75 Å². The molecule has 0 saturated carbocycles. The van der Waals surface area contributed by atoms with Crippen LogP contribution in [0, 0.1) is 0 Å². The van der Waals surface area contributed by atoms with E-state index in [0.29, 0.717) is 25.5 Å². The second kappa shape index (κ2) is 7.68. The lowest BCUT2D eigenvalue weighted by Gasteiger charge is -2.16. The normalized spacial score (nSPS) is 16.7. The van der Waals surface area contributed by atoms with Crippen molar-refractivity contribution in [1.82, 2.24) is 15.5 Å². The molecule has 1 aromatic rings. The first-order valence-electron chi connectivity index (χ1n) is 7.49. The van der Waals surface area contributed by atoms with E-state index in [1.807, 2.05) is 18.2 Å². The SMILES string of the molecule is CN=C(NCCC(=O)N(C)C)NCC1Cc2ccccc2O1. The molecule has 1 atom stereocenters. The van der Waals surface area contributed by atoms with Crippen LogP contribution in [-0.2, 0) is 11.2 Å². The van der Waals surface area contributed by atoms with Crippen LogP contribution in [0.1, 0.15) is 12.0 Å². The quantitative estimate of drug-likeness (QED) is 0.619. The molecule has 6 heteroatoms. The molecule has 22 heavy (non-hydrogen) atoms. The Balaban J connectivity index is 1.71. The van der Waals surface area contributed by atoms with Crippen LogP contribution < -0.4 is 15.4 Å². The molecule has 120 valence electrons. The highest BCUT2D eigenvalue weighted by Crippen LogP contribution is 2.27. The number of rotatable bonds is 5. The Morgan fingerprint density at radius 3 is 2.82 bits per heavy atom. The van der Waals surface area contributed by atoms with Crippen LogP contribution in [0.4, 0.5) is 0 Å². The van der Waals surface area contributed by atoms with Crippen molar-refractivity contribution in [1.29, 1.82) is 0 Å². The number of nitrogens with zero attached hydrogens (tertiary/aromatic N) is 2. The molecule has 2 rings (SSSR count). The molecule has 1 aliphatic rings. The van der Waals surface area contributed by atoms with Crippen molar-refractivity contribution in [2.45, 2.75) is 18.9 Å². The monoisotopic (exact) mass is 304 g/mol. The lowest BCUT2D eigenvalue weighted by molar-refractivity contribution is -0.128. The zero-order valence-electron chi connectivity index (χ0n) is 13.4. The molecular weight excluding hydrogens is 280 g/mol. The van der Waals surface area contributed by atoms with E-state index in [0.717, 1.165) is 12.2 Å². The van der Waals surface area contributed by atoms with E-state index < -0.39 is 0 Å². The summed E-state index contributed by atoms with van der Waals surface area (Å²) >= 11 is 0. The molecule has 0 bridgehead atoms. The van der Waals surface area contributed by atoms with E-state index in [9.17, 15) is 4.79 Å². The largest absolute Gasteiger partial charge is 0.488 e. The number of fused-ring (bicyclic) bond motifs is 1. The first-order valence-corrected chi connectivity index (χ1v) is 7.49. The number of amides is 1. The van der Waals surface area contributed by atoms with Gasteiger partial charge in [0.25, 0.3) is 0 Å².